The highest BCUT2D eigenvalue weighted by Crippen LogP contribution is 2.20. The molecule has 0 radical (unpaired) electrons. The van der Waals surface area contributed by atoms with E-state index in [9.17, 15) is 14.4 Å². The Labute approximate surface area is 227 Å². The number of tetrazole rings is 1. The molecule has 0 aliphatic carbocycles. The van der Waals surface area contributed by atoms with Gasteiger partial charge in [-0.05, 0) is 59.8 Å². The minimum atomic E-state index is -0.984. The number of nitrogens with one attached hydrogen (secondary N) is 2. The van der Waals surface area contributed by atoms with Crippen LogP contribution in [0, 0.1) is 0 Å². The van der Waals surface area contributed by atoms with Gasteiger partial charge in [-0.15, -0.1) is 5.10 Å². The first-order valence-corrected chi connectivity index (χ1v) is 12.1. The van der Waals surface area contributed by atoms with Gasteiger partial charge in [0, 0.05) is 42.0 Å². The lowest BCUT2D eigenvalue weighted by molar-refractivity contribution is -0.123. The van der Waals surface area contributed by atoms with Crippen molar-refractivity contribution in [2.45, 2.75) is 25.9 Å². The van der Waals surface area contributed by atoms with E-state index < -0.39 is 23.8 Å². The number of nitrogens with zero attached hydrogens (tertiary/aromatic N) is 7. The molecule has 1 aromatic carbocycles. The fourth-order valence-electron chi connectivity index (χ4n) is 3.55. The van der Waals surface area contributed by atoms with Crippen LogP contribution in [0.25, 0.3) is 11.8 Å². The quantitative estimate of drug-likeness (QED) is 0.223. The summed E-state index contributed by atoms with van der Waals surface area (Å²) in [6, 6.07) is 8.79. The number of carbonyl (C=O) groups is 3. The van der Waals surface area contributed by atoms with Crippen LogP contribution in [0.2, 0.25) is 5.02 Å². The number of aromatic nitrogens is 7. The van der Waals surface area contributed by atoms with Crippen molar-refractivity contribution in [2.24, 2.45) is 0 Å². The third-order valence-corrected chi connectivity index (χ3v) is 5.74. The van der Waals surface area contributed by atoms with E-state index in [0.717, 1.165) is 0 Å². The number of anilines is 1. The Morgan fingerprint density at radius 1 is 1.18 bits per heavy atom. The molecule has 0 saturated heterocycles. The predicted molar refractivity (Wildman–Crippen MR) is 141 cm³/mol. The highest BCUT2D eigenvalue weighted by Gasteiger charge is 2.22. The van der Waals surface area contributed by atoms with Gasteiger partial charge < -0.3 is 15.4 Å². The van der Waals surface area contributed by atoms with Crippen LogP contribution in [0.15, 0.2) is 61.2 Å². The van der Waals surface area contributed by atoms with Crippen molar-refractivity contribution in [3.8, 4) is 5.69 Å². The highest BCUT2D eigenvalue weighted by molar-refractivity contribution is 6.30. The topological polar surface area (TPSA) is 159 Å². The molecule has 0 bridgehead atoms. The summed E-state index contributed by atoms with van der Waals surface area (Å²) in [5.41, 5.74) is 2.04. The molecule has 3 aromatic heterocycles. The average molecular weight is 550 g/mol. The molecule has 14 heteroatoms. The Balaban J connectivity index is 1.52. The zero-order chi connectivity index (χ0) is 27.8. The predicted octanol–water partition coefficient (Wildman–Crippen LogP) is 2.09. The van der Waals surface area contributed by atoms with E-state index in [1.807, 2.05) is 6.92 Å². The van der Waals surface area contributed by atoms with Crippen LogP contribution in [0.3, 0.4) is 0 Å². The highest BCUT2D eigenvalue weighted by atomic mass is 35.5. The number of halogens is 1. The van der Waals surface area contributed by atoms with Crippen LogP contribution in [0.5, 0.6) is 0 Å². The standard InChI is InChI=1S/C25H24ClN9O4/c1-3-34-11-10-19(31-34)13-20(24(37)30-22-8-4-17(14-27-22)25(38)39-2)29-23(36)9-5-16-12-18(26)6-7-21(16)35-15-28-32-33-35/h4-12,14-15,20H,3,13H2,1-2H3,(H,29,36)(H,27,30,37). The van der Waals surface area contributed by atoms with E-state index in [4.69, 9.17) is 11.6 Å². The van der Waals surface area contributed by atoms with Crippen LogP contribution in [-0.2, 0) is 27.3 Å². The Bertz CT molecular complexity index is 1480. The molecule has 0 spiro atoms. The second kappa shape index (κ2) is 12.6. The molecule has 0 aliphatic rings. The van der Waals surface area contributed by atoms with Crippen LogP contribution >= 0.6 is 11.6 Å². The molecule has 3 heterocycles. The molecule has 0 aliphatic heterocycles. The zero-order valence-electron chi connectivity index (χ0n) is 21.0. The number of hydrogen-bond acceptors (Lipinski definition) is 9. The Hall–Kier alpha value is -4.91. The van der Waals surface area contributed by atoms with Gasteiger partial charge in [-0.1, -0.05) is 11.6 Å². The lowest BCUT2D eigenvalue weighted by Crippen LogP contribution is -2.45. The first-order chi connectivity index (χ1) is 18.9. The molecule has 200 valence electrons. The van der Waals surface area contributed by atoms with Crippen LogP contribution in [-0.4, -0.2) is 65.9 Å². The molecule has 0 fully saturated rings. The molecule has 1 atom stereocenters. The molecule has 39 heavy (non-hydrogen) atoms. The fraction of sp³-hybridized carbons (Fsp3) is 0.200. The molecule has 2 amide bonds. The first kappa shape index (κ1) is 27.1. The number of carbonyl (C=O) groups excluding carboxylic acids is 3. The van der Waals surface area contributed by atoms with Gasteiger partial charge in [0.2, 0.25) is 11.8 Å². The van der Waals surface area contributed by atoms with E-state index in [1.54, 1.807) is 41.2 Å². The van der Waals surface area contributed by atoms with Crippen molar-refractivity contribution < 1.29 is 19.1 Å². The number of hydrogen-bond donors (Lipinski definition) is 2. The summed E-state index contributed by atoms with van der Waals surface area (Å²) in [6.07, 6.45) is 7.46. The van der Waals surface area contributed by atoms with Gasteiger partial charge in [-0.2, -0.15) is 9.78 Å². The number of rotatable bonds is 10. The Kier molecular flexibility index (Phi) is 8.74. The molecular formula is C25H24ClN9O4. The number of ether oxygens (including phenoxy) is 1. The summed E-state index contributed by atoms with van der Waals surface area (Å²) >= 11 is 6.15. The second-order valence-electron chi connectivity index (χ2n) is 8.13. The Morgan fingerprint density at radius 3 is 2.69 bits per heavy atom. The maximum Gasteiger partial charge on any atom is 0.339 e. The van der Waals surface area contributed by atoms with E-state index in [1.165, 1.54) is 42.5 Å². The molecule has 0 saturated carbocycles. The number of aryl methyl sites for hydroxylation is 1. The van der Waals surface area contributed by atoms with Gasteiger partial charge in [0.1, 0.15) is 18.2 Å². The van der Waals surface area contributed by atoms with Gasteiger partial charge in [-0.3, -0.25) is 14.3 Å². The first-order valence-electron chi connectivity index (χ1n) is 11.7. The molecule has 1 unspecified atom stereocenters. The van der Waals surface area contributed by atoms with E-state index in [-0.39, 0.29) is 17.8 Å². The minimum absolute atomic E-state index is 0.131. The van der Waals surface area contributed by atoms with E-state index in [2.05, 4.69) is 41.0 Å². The third-order valence-electron chi connectivity index (χ3n) is 5.50. The van der Waals surface area contributed by atoms with Gasteiger partial charge in [-0.25, -0.2) is 9.78 Å². The summed E-state index contributed by atoms with van der Waals surface area (Å²) in [6.45, 7) is 2.60. The van der Waals surface area contributed by atoms with Crippen LogP contribution in [0.1, 0.15) is 28.5 Å². The monoisotopic (exact) mass is 549 g/mol. The smallest absolute Gasteiger partial charge is 0.339 e. The maximum atomic E-state index is 13.2. The SMILES string of the molecule is CCn1ccc(CC(NC(=O)C=Cc2cc(Cl)ccc2-n2cnnn2)C(=O)Nc2ccc(C(=O)OC)cn2)n1. The van der Waals surface area contributed by atoms with Crippen molar-refractivity contribution in [1.29, 1.82) is 0 Å². The summed E-state index contributed by atoms with van der Waals surface area (Å²) < 4.78 is 7.82. The maximum absolute atomic E-state index is 13.2. The van der Waals surface area contributed by atoms with E-state index >= 15 is 0 Å². The lowest BCUT2D eigenvalue weighted by Gasteiger charge is -2.17. The number of methoxy groups -OCH3 is 1. The van der Waals surface area contributed by atoms with Crippen molar-refractivity contribution in [3.63, 3.8) is 0 Å². The lowest BCUT2D eigenvalue weighted by atomic mass is 10.1. The summed E-state index contributed by atoms with van der Waals surface area (Å²) in [5.74, 6) is -1.39. The molecular weight excluding hydrogens is 526 g/mol. The van der Waals surface area contributed by atoms with Crippen molar-refractivity contribution >= 4 is 41.3 Å². The molecule has 2 N–H and O–H groups in total. The largest absolute Gasteiger partial charge is 0.465 e. The van der Waals surface area contributed by atoms with Crippen molar-refractivity contribution in [1.82, 2.24) is 40.3 Å². The number of benzene rings is 1. The third kappa shape index (κ3) is 7.11. The molecule has 13 nitrogen and oxygen atoms in total. The van der Waals surface area contributed by atoms with Crippen LogP contribution in [0.4, 0.5) is 5.82 Å². The Morgan fingerprint density at radius 2 is 2.03 bits per heavy atom. The summed E-state index contributed by atoms with van der Waals surface area (Å²) in [4.78, 5) is 41.8. The number of pyridine rings is 1. The normalized spacial score (nSPS) is 11.8. The van der Waals surface area contributed by atoms with Gasteiger partial charge in [0.05, 0.1) is 24.1 Å². The van der Waals surface area contributed by atoms with Gasteiger partial charge in [0.15, 0.2) is 0 Å². The summed E-state index contributed by atoms with van der Waals surface area (Å²) in [5, 5.41) is 21.4. The number of esters is 1. The van der Waals surface area contributed by atoms with Gasteiger partial charge >= 0.3 is 5.97 Å². The zero-order valence-corrected chi connectivity index (χ0v) is 21.7. The van der Waals surface area contributed by atoms with Crippen molar-refractivity contribution in [2.75, 3.05) is 12.4 Å². The molecule has 4 rings (SSSR count). The second-order valence-corrected chi connectivity index (χ2v) is 8.57. The van der Waals surface area contributed by atoms with Crippen LogP contribution < -0.4 is 10.6 Å². The summed E-state index contributed by atoms with van der Waals surface area (Å²) in [7, 11) is 1.26. The van der Waals surface area contributed by atoms with Crippen molar-refractivity contribution in [3.05, 3.63) is 83.0 Å². The van der Waals surface area contributed by atoms with Gasteiger partial charge in [0.25, 0.3) is 0 Å². The average Bonchev–Trinajstić information content (AvgIpc) is 3.64. The molecule has 4 aromatic rings. The van der Waals surface area contributed by atoms with E-state index in [0.29, 0.717) is 28.5 Å². The minimum Gasteiger partial charge on any atom is -0.465 e. The number of amides is 2. The fourth-order valence-corrected chi connectivity index (χ4v) is 3.73.